The molecule has 0 aliphatic carbocycles. The Morgan fingerprint density at radius 1 is 1.35 bits per heavy atom. The summed E-state index contributed by atoms with van der Waals surface area (Å²) in [7, 11) is 1.87. The molecule has 0 radical (unpaired) electrons. The molecule has 0 fully saturated rings. The minimum absolute atomic E-state index is 0.0569. The first-order valence-corrected chi connectivity index (χ1v) is 5.75. The van der Waals surface area contributed by atoms with Gasteiger partial charge in [-0.3, -0.25) is 4.68 Å². The number of halogens is 2. The van der Waals surface area contributed by atoms with Gasteiger partial charge in [0.2, 0.25) is 0 Å². The van der Waals surface area contributed by atoms with Crippen molar-refractivity contribution < 1.29 is 0 Å². The van der Waals surface area contributed by atoms with E-state index >= 15 is 0 Å². The van der Waals surface area contributed by atoms with E-state index in [2.05, 4.69) is 20.6 Å². The molecule has 5 nitrogen and oxygen atoms in total. The fourth-order valence-corrected chi connectivity index (χ4v) is 1.73. The molecule has 1 N–H and O–H groups in total. The van der Waals surface area contributed by atoms with E-state index in [0.717, 1.165) is 5.56 Å². The molecule has 1 atom stereocenters. The second-order valence-electron chi connectivity index (χ2n) is 3.68. The highest BCUT2D eigenvalue weighted by Crippen LogP contribution is 2.25. The van der Waals surface area contributed by atoms with Crippen LogP contribution in [-0.2, 0) is 7.05 Å². The predicted molar refractivity (Wildman–Crippen MR) is 67.3 cm³/mol. The third-order valence-corrected chi connectivity index (χ3v) is 2.78. The number of nitrogens with one attached hydrogen (secondary N) is 1. The van der Waals surface area contributed by atoms with Gasteiger partial charge in [0.25, 0.3) is 0 Å². The Kier molecular flexibility index (Phi) is 3.49. The summed E-state index contributed by atoms with van der Waals surface area (Å²) in [5.41, 5.74) is 1.71. The lowest BCUT2D eigenvalue weighted by Crippen LogP contribution is -2.07. The van der Waals surface area contributed by atoms with Gasteiger partial charge >= 0.3 is 0 Å². The molecule has 2 rings (SSSR count). The van der Waals surface area contributed by atoms with E-state index < -0.39 is 0 Å². The lowest BCUT2D eigenvalue weighted by atomic mass is 10.2. The second-order valence-corrected chi connectivity index (χ2v) is 4.43. The fraction of sp³-hybridized carbons (Fsp3) is 0.300. The molecule has 0 spiro atoms. The number of rotatable bonds is 3. The van der Waals surface area contributed by atoms with Gasteiger partial charge in [0.15, 0.2) is 10.3 Å². The van der Waals surface area contributed by atoms with Gasteiger partial charge in [-0.25, -0.2) is 0 Å². The molecule has 0 saturated carbocycles. The van der Waals surface area contributed by atoms with E-state index in [1.54, 1.807) is 16.9 Å². The summed E-state index contributed by atoms with van der Waals surface area (Å²) in [5, 5.41) is 15.3. The summed E-state index contributed by atoms with van der Waals surface area (Å²) in [5.74, 6) is 0. The monoisotopic (exact) mass is 271 g/mol. The smallest absolute Gasteiger partial charge is 0.174 e. The average Bonchev–Trinajstić information content (AvgIpc) is 2.70. The van der Waals surface area contributed by atoms with Crippen molar-refractivity contribution in [2.45, 2.75) is 13.0 Å². The van der Waals surface area contributed by atoms with Crippen LogP contribution in [0.25, 0.3) is 0 Å². The van der Waals surface area contributed by atoms with Crippen LogP contribution in [0.15, 0.2) is 18.5 Å². The Balaban J connectivity index is 2.18. The SMILES string of the molecule is CC(Nc1cc(Cl)nnc1Cl)c1cnn(C)c1. The number of anilines is 1. The summed E-state index contributed by atoms with van der Waals surface area (Å²) < 4.78 is 1.74. The number of aromatic nitrogens is 4. The average molecular weight is 272 g/mol. The number of nitrogens with zero attached hydrogens (tertiary/aromatic N) is 4. The Morgan fingerprint density at radius 2 is 2.12 bits per heavy atom. The standard InChI is InChI=1S/C10H11Cl2N5/c1-6(7-4-13-17(2)5-7)14-8-3-9(11)15-16-10(8)12/h3-6H,1-2H3,(H,14,15). The molecular formula is C10H11Cl2N5. The summed E-state index contributed by atoms with van der Waals surface area (Å²) >= 11 is 11.7. The van der Waals surface area contributed by atoms with E-state index in [1.807, 2.05) is 20.2 Å². The number of aryl methyl sites for hydroxylation is 1. The summed E-state index contributed by atoms with van der Waals surface area (Å²) in [6.45, 7) is 2.00. The van der Waals surface area contributed by atoms with Crippen molar-refractivity contribution in [1.29, 1.82) is 0 Å². The molecule has 2 heterocycles. The van der Waals surface area contributed by atoms with E-state index in [1.165, 1.54) is 0 Å². The van der Waals surface area contributed by atoms with Crippen molar-refractivity contribution in [3.8, 4) is 0 Å². The van der Waals surface area contributed by atoms with Gasteiger partial charge in [0.1, 0.15) is 0 Å². The quantitative estimate of drug-likeness (QED) is 0.933. The number of hydrogen-bond donors (Lipinski definition) is 1. The maximum absolute atomic E-state index is 5.92. The van der Waals surface area contributed by atoms with Crippen LogP contribution in [0.1, 0.15) is 18.5 Å². The summed E-state index contributed by atoms with van der Waals surface area (Å²) in [6, 6.07) is 1.70. The summed E-state index contributed by atoms with van der Waals surface area (Å²) in [6.07, 6.45) is 3.73. The highest BCUT2D eigenvalue weighted by atomic mass is 35.5. The van der Waals surface area contributed by atoms with Gasteiger partial charge in [-0.1, -0.05) is 23.2 Å². The van der Waals surface area contributed by atoms with Crippen molar-refractivity contribution in [2.24, 2.45) is 7.05 Å². The molecule has 0 aliphatic rings. The maximum atomic E-state index is 5.92. The van der Waals surface area contributed by atoms with Gasteiger partial charge in [0, 0.05) is 24.9 Å². The summed E-state index contributed by atoms with van der Waals surface area (Å²) in [4.78, 5) is 0. The zero-order chi connectivity index (χ0) is 12.4. The molecule has 0 bridgehead atoms. The first-order valence-electron chi connectivity index (χ1n) is 5.00. The molecule has 0 aromatic carbocycles. The first kappa shape index (κ1) is 12.1. The predicted octanol–water partition coefficient (Wildman–Crippen LogP) is 2.69. The molecule has 90 valence electrons. The molecule has 0 saturated heterocycles. The molecule has 1 unspecified atom stereocenters. The van der Waals surface area contributed by atoms with Crippen LogP contribution in [0.4, 0.5) is 5.69 Å². The largest absolute Gasteiger partial charge is 0.376 e. The van der Waals surface area contributed by atoms with Crippen LogP contribution in [0.5, 0.6) is 0 Å². The highest BCUT2D eigenvalue weighted by Gasteiger charge is 2.11. The normalized spacial score (nSPS) is 12.5. The molecule has 0 aliphatic heterocycles. The Hall–Kier alpha value is -1.33. The van der Waals surface area contributed by atoms with Crippen LogP contribution < -0.4 is 5.32 Å². The van der Waals surface area contributed by atoms with Crippen molar-refractivity contribution in [3.05, 3.63) is 34.3 Å². The van der Waals surface area contributed by atoms with Crippen molar-refractivity contribution in [1.82, 2.24) is 20.0 Å². The van der Waals surface area contributed by atoms with Gasteiger partial charge < -0.3 is 5.32 Å². The topological polar surface area (TPSA) is 55.6 Å². The third kappa shape index (κ3) is 2.87. The van der Waals surface area contributed by atoms with E-state index in [9.17, 15) is 0 Å². The molecule has 2 aromatic heterocycles. The molecule has 2 aromatic rings. The lowest BCUT2D eigenvalue weighted by Gasteiger charge is -2.14. The minimum Gasteiger partial charge on any atom is -0.376 e. The third-order valence-electron chi connectivity index (χ3n) is 2.32. The van der Waals surface area contributed by atoms with E-state index in [4.69, 9.17) is 23.2 Å². The first-order chi connectivity index (χ1) is 8.06. The van der Waals surface area contributed by atoms with Crippen molar-refractivity contribution in [3.63, 3.8) is 0 Å². The van der Waals surface area contributed by atoms with Crippen molar-refractivity contribution >= 4 is 28.9 Å². The fourth-order valence-electron chi connectivity index (χ4n) is 1.43. The van der Waals surface area contributed by atoms with Crippen molar-refractivity contribution in [2.75, 3.05) is 5.32 Å². The van der Waals surface area contributed by atoms with Crippen LogP contribution in [0.2, 0.25) is 10.3 Å². The van der Waals surface area contributed by atoms with Gasteiger partial charge in [-0.05, 0) is 6.92 Å². The maximum Gasteiger partial charge on any atom is 0.174 e. The molecule has 0 amide bonds. The Bertz CT molecular complexity index is 525. The zero-order valence-electron chi connectivity index (χ0n) is 9.35. The van der Waals surface area contributed by atoms with Gasteiger partial charge in [-0.15, -0.1) is 10.2 Å². The highest BCUT2D eigenvalue weighted by molar-refractivity contribution is 6.33. The van der Waals surface area contributed by atoms with Crippen LogP contribution >= 0.6 is 23.2 Å². The minimum atomic E-state index is 0.0569. The van der Waals surface area contributed by atoms with E-state index in [-0.39, 0.29) is 6.04 Å². The molecule has 7 heteroatoms. The molecular weight excluding hydrogens is 261 g/mol. The molecule has 17 heavy (non-hydrogen) atoms. The zero-order valence-corrected chi connectivity index (χ0v) is 10.9. The van der Waals surface area contributed by atoms with Crippen LogP contribution in [-0.4, -0.2) is 20.0 Å². The Labute approximate surface area is 109 Å². The second kappa shape index (κ2) is 4.89. The number of hydrogen-bond acceptors (Lipinski definition) is 4. The van der Waals surface area contributed by atoms with E-state index in [0.29, 0.717) is 16.0 Å². The van der Waals surface area contributed by atoms with Crippen LogP contribution in [0, 0.1) is 0 Å². The van der Waals surface area contributed by atoms with Gasteiger partial charge in [0.05, 0.1) is 17.9 Å². The van der Waals surface area contributed by atoms with Gasteiger partial charge in [-0.2, -0.15) is 5.10 Å². The van der Waals surface area contributed by atoms with Crippen LogP contribution in [0.3, 0.4) is 0 Å². The Morgan fingerprint density at radius 3 is 2.76 bits per heavy atom. The lowest BCUT2D eigenvalue weighted by molar-refractivity contribution is 0.765.